The molecule has 8 aromatic carbocycles. The Balaban J connectivity index is 1.16. The van der Waals surface area contributed by atoms with Gasteiger partial charge in [0.25, 0.3) is 0 Å². The highest BCUT2D eigenvalue weighted by atomic mass is 15.2. The number of aryl methyl sites for hydroxylation is 10. The Bertz CT molecular complexity index is 3030. The SMILES string of the molecule is CCCCNc1cc(C)c(N(c2ccc(C)cc2)c2ccc3c(c2)C(c2ccc4c(c2)CC4)(c2ccc4c(c2)CC4)c2cc(N(c4ccc(C)cc4)c4c(C)cc(NCCCC)cc4C)ccc2-3)c(C)c1. The minimum absolute atomic E-state index is 0.599. The summed E-state index contributed by atoms with van der Waals surface area (Å²) in [5.41, 5.74) is 30.3. The Morgan fingerprint density at radius 3 is 1.10 bits per heavy atom. The minimum atomic E-state index is -0.599. The van der Waals surface area contributed by atoms with Gasteiger partial charge in [-0.3, -0.25) is 0 Å². The smallest absolute Gasteiger partial charge is 0.0715 e. The highest BCUT2D eigenvalue weighted by Crippen LogP contribution is 2.60. The van der Waals surface area contributed by atoms with Crippen molar-refractivity contribution in [2.75, 3.05) is 33.5 Å². The maximum Gasteiger partial charge on any atom is 0.0715 e. The second kappa shape index (κ2) is 18.9. The van der Waals surface area contributed by atoms with Gasteiger partial charge in [0.05, 0.1) is 16.8 Å². The van der Waals surface area contributed by atoms with Crippen molar-refractivity contribution in [3.8, 4) is 11.1 Å². The Hall–Kier alpha value is -7.04. The van der Waals surface area contributed by atoms with Crippen LogP contribution in [-0.4, -0.2) is 13.1 Å². The number of fused-ring (bicyclic) bond motifs is 5. The first kappa shape index (κ1) is 46.3. The molecule has 358 valence electrons. The number of nitrogens with zero attached hydrogens (tertiary/aromatic N) is 2. The largest absolute Gasteiger partial charge is 0.385 e. The Morgan fingerprint density at radius 1 is 0.394 bits per heavy atom. The molecule has 3 aliphatic carbocycles. The van der Waals surface area contributed by atoms with Gasteiger partial charge in [0.15, 0.2) is 0 Å². The second-order valence-electron chi connectivity index (χ2n) is 21.0. The first-order valence-electron chi connectivity index (χ1n) is 26.5. The van der Waals surface area contributed by atoms with Gasteiger partial charge in [-0.2, -0.15) is 0 Å². The van der Waals surface area contributed by atoms with Gasteiger partial charge in [-0.15, -0.1) is 0 Å². The molecule has 2 N–H and O–H groups in total. The Morgan fingerprint density at radius 2 is 0.761 bits per heavy atom. The number of hydrogen-bond acceptors (Lipinski definition) is 4. The normalized spacial score (nSPS) is 13.6. The van der Waals surface area contributed by atoms with Gasteiger partial charge in [0, 0.05) is 47.2 Å². The van der Waals surface area contributed by atoms with E-state index in [1.807, 2.05) is 0 Å². The van der Waals surface area contributed by atoms with Crippen molar-refractivity contribution in [2.24, 2.45) is 0 Å². The van der Waals surface area contributed by atoms with E-state index in [1.165, 1.54) is 125 Å². The van der Waals surface area contributed by atoms with E-state index in [-0.39, 0.29) is 0 Å². The number of nitrogens with one attached hydrogen (secondary N) is 2. The molecule has 0 unspecified atom stereocenters. The third-order valence-corrected chi connectivity index (χ3v) is 16.0. The summed E-state index contributed by atoms with van der Waals surface area (Å²) in [7, 11) is 0. The number of rotatable bonds is 16. The lowest BCUT2D eigenvalue weighted by atomic mass is 9.65. The maximum absolute atomic E-state index is 3.73. The number of benzene rings is 8. The van der Waals surface area contributed by atoms with E-state index in [4.69, 9.17) is 0 Å². The molecule has 4 heteroatoms. The third-order valence-electron chi connectivity index (χ3n) is 16.0. The van der Waals surface area contributed by atoms with Crippen LogP contribution in [0.5, 0.6) is 0 Å². The van der Waals surface area contributed by atoms with Gasteiger partial charge in [-0.25, -0.2) is 0 Å². The maximum atomic E-state index is 3.73. The molecule has 71 heavy (non-hydrogen) atoms. The van der Waals surface area contributed by atoms with E-state index in [1.54, 1.807) is 0 Å². The molecule has 4 nitrogen and oxygen atoms in total. The van der Waals surface area contributed by atoms with E-state index >= 15 is 0 Å². The van der Waals surface area contributed by atoms with Crippen LogP contribution in [0.2, 0.25) is 0 Å². The van der Waals surface area contributed by atoms with Crippen LogP contribution in [0.4, 0.5) is 45.5 Å². The van der Waals surface area contributed by atoms with E-state index in [0.29, 0.717) is 0 Å². The fourth-order valence-corrected chi connectivity index (χ4v) is 12.1. The molecule has 0 heterocycles. The molecule has 0 radical (unpaired) electrons. The summed E-state index contributed by atoms with van der Waals surface area (Å²) in [6, 6.07) is 57.3. The van der Waals surface area contributed by atoms with Crippen molar-refractivity contribution < 1.29 is 0 Å². The fourth-order valence-electron chi connectivity index (χ4n) is 12.1. The molecule has 0 atom stereocenters. The lowest BCUT2D eigenvalue weighted by Gasteiger charge is -2.38. The summed E-state index contributed by atoms with van der Waals surface area (Å²) >= 11 is 0. The molecule has 11 rings (SSSR count). The molecule has 0 spiro atoms. The molecule has 0 amide bonds. The molecular weight excluding hydrogens is 861 g/mol. The molecule has 0 fully saturated rings. The van der Waals surface area contributed by atoms with Crippen molar-refractivity contribution in [2.45, 2.75) is 112 Å². The van der Waals surface area contributed by atoms with Crippen LogP contribution in [-0.2, 0) is 31.1 Å². The zero-order chi connectivity index (χ0) is 49.0. The average molecular weight is 931 g/mol. The second-order valence-corrected chi connectivity index (χ2v) is 21.0. The standard InChI is InChI=1S/C67H70N4/c1-9-11-33-68-55-35-45(5)65(46(6)36-55)70(57-25-13-43(3)14-26-57)59-29-31-61-62-32-30-60(71(58-27-15-44(4)16-28-58)66-47(7)37-56(38-48(66)8)69-34-12-10-2)42-64(62)67(63(61)41-59,53-23-21-49-17-19-51(49)39-53)54-24-22-50-18-20-52(50)40-54/h13-16,21-32,35-42,68-69H,9-12,17-20,33-34H2,1-8H3. The third kappa shape index (κ3) is 8.20. The molecule has 3 aliphatic rings. The molecule has 0 aliphatic heterocycles. The van der Waals surface area contributed by atoms with Crippen molar-refractivity contribution in [3.63, 3.8) is 0 Å². The van der Waals surface area contributed by atoms with Crippen LogP contribution < -0.4 is 20.4 Å². The van der Waals surface area contributed by atoms with Gasteiger partial charge >= 0.3 is 0 Å². The Labute approximate surface area is 423 Å². The van der Waals surface area contributed by atoms with Crippen LogP contribution in [0.25, 0.3) is 11.1 Å². The zero-order valence-electron chi connectivity index (χ0n) is 43.3. The summed E-state index contributed by atoms with van der Waals surface area (Å²) in [5.74, 6) is 0. The number of unbranched alkanes of at least 4 members (excludes halogenated alkanes) is 2. The summed E-state index contributed by atoms with van der Waals surface area (Å²) in [4.78, 5) is 5.06. The average Bonchev–Trinajstić information content (AvgIpc) is 3.62. The van der Waals surface area contributed by atoms with Crippen LogP contribution in [0, 0.1) is 41.5 Å². The summed E-state index contributed by atoms with van der Waals surface area (Å²) in [6.07, 6.45) is 9.18. The quantitative estimate of drug-likeness (QED) is 0.0945. The monoisotopic (exact) mass is 931 g/mol. The van der Waals surface area contributed by atoms with Crippen LogP contribution in [0.3, 0.4) is 0 Å². The van der Waals surface area contributed by atoms with Crippen molar-refractivity contribution in [3.05, 3.63) is 223 Å². The molecule has 0 bridgehead atoms. The molecule has 8 aromatic rings. The van der Waals surface area contributed by atoms with E-state index in [2.05, 4.69) is 221 Å². The topological polar surface area (TPSA) is 30.5 Å². The predicted octanol–water partition coefficient (Wildman–Crippen LogP) is 17.5. The number of hydrogen-bond donors (Lipinski definition) is 2. The van der Waals surface area contributed by atoms with E-state index < -0.39 is 5.41 Å². The lowest BCUT2D eigenvalue weighted by molar-refractivity contribution is 0.740. The van der Waals surface area contributed by atoms with Crippen molar-refractivity contribution in [1.82, 2.24) is 0 Å². The summed E-state index contributed by atoms with van der Waals surface area (Å²) in [6.45, 7) is 20.0. The predicted molar refractivity (Wildman–Crippen MR) is 303 cm³/mol. The lowest BCUT2D eigenvalue weighted by Crippen LogP contribution is -2.31. The molecular formula is C67H70N4. The fraction of sp³-hybridized carbons (Fsp3) is 0.284. The summed E-state index contributed by atoms with van der Waals surface area (Å²) in [5, 5.41) is 7.45. The highest BCUT2D eigenvalue weighted by molar-refractivity contribution is 5.93. The van der Waals surface area contributed by atoms with Crippen molar-refractivity contribution >= 4 is 45.5 Å². The highest BCUT2D eigenvalue weighted by Gasteiger charge is 2.48. The molecule has 0 aromatic heterocycles. The molecule has 0 saturated heterocycles. The first-order valence-corrected chi connectivity index (χ1v) is 26.5. The van der Waals surface area contributed by atoms with Crippen LogP contribution in [0.1, 0.15) is 117 Å². The van der Waals surface area contributed by atoms with Gasteiger partial charge in [-0.05, 0) is 231 Å². The minimum Gasteiger partial charge on any atom is -0.385 e. The van der Waals surface area contributed by atoms with Gasteiger partial charge in [-0.1, -0.05) is 111 Å². The zero-order valence-corrected chi connectivity index (χ0v) is 43.3. The van der Waals surface area contributed by atoms with Gasteiger partial charge < -0.3 is 20.4 Å². The van der Waals surface area contributed by atoms with Crippen LogP contribution >= 0.6 is 0 Å². The van der Waals surface area contributed by atoms with E-state index in [9.17, 15) is 0 Å². The van der Waals surface area contributed by atoms with Crippen molar-refractivity contribution in [1.29, 1.82) is 0 Å². The number of anilines is 8. The Kier molecular flexibility index (Phi) is 12.4. The summed E-state index contributed by atoms with van der Waals surface area (Å²) < 4.78 is 0. The van der Waals surface area contributed by atoms with E-state index in [0.717, 1.165) is 74.4 Å². The van der Waals surface area contributed by atoms with Gasteiger partial charge in [0.1, 0.15) is 0 Å². The molecule has 0 saturated carbocycles. The van der Waals surface area contributed by atoms with Crippen LogP contribution in [0.15, 0.2) is 146 Å². The van der Waals surface area contributed by atoms with Gasteiger partial charge in [0.2, 0.25) is 0 Å². The first-order chi connectivity index (χ1) is 34.5.